The number of hydrogen-bond acceptors (Lipinski definition) is 8. The van der Waals surface area contributed by atoms with E-state index in [1.54, 1.807) is 0 Å². The Morgan fingerprint density at radius 2 is 0.524 bits per heavy atom. The van der Waals surface area contributed by atoms with Gasteiger partial charge in [0.25, 0.3) is 0 Å². The third-order valence-corrected chi connectivity index (χ3v) is 4.47. The summed E-state index contributed by atoms with van der Waals surface area (Å²) in [6, 6.07) is 22.1. The fourth-order valence-corrected chi connectivity index (χ4v) is 2.57. The molecular formula is C28H20CuO12Zn. The number of carboxylic acid groups (broad SMARTS) is 4. The predicted octanol–water partition coefficient (Wildman–Crippen LogP) is 1.83. The van der Waals surface area contributed by atoms with Crippen LogP contribution in [0.4, 0.5) is 0 Å². The van der Waals surface area contributed by atoms with Crippen LogP contribution >= 0.6 is 0 Å². The van der Waals surface area contributed by atoms with E-state index in [4.69, 9.17) is 20.4 Å². The normalized spacial score (nSPS) is 8.76. The number of aromatic carboxylic acids is 4. The van der Waals surface area contributed by atoms with Crippen LogP contribution in [0.25, 0.3) is 0 Å². The topological polar surface area (TPSA) is 241 Å². The average Bonchev–Trinajstić information content (AvgIpc) is 2.90. The number of carbonyl (C=O) groups is 4. The number of benzene rings is 4. The molecule has 0 aliphatic rings. The third-order valence-electron chi connectivity index (χ3n) is 4.47. The molecule has 0 fully saturated rings. The minimum atomic E-state index is -1.18. The number of hydrogen-bond donors (Lipinski definition) is 4. The first-order chi connectivity index (χ1) is 18.9. The fraction of sp³-hybridized carbons (Fsp3) is 0. The van der Waals surface area contributed by atoms with Gasteiger partial charge in [-0.25, -0.2) is 19.2 Å². The van der Waals surface area contributed by atoms with Crippen LogP contribution in [0.5, 0.6) is 23.0 Å². The quantitative estimate of drug-likeness (QED) is 0.226. The van der Waals surface area contributed by atoms with Crippen LogP contribution in [0.15, 0.2) is 97.1 Å². The molecule has 0 unspecified atom stereocenters. The van der Waals surface area contributed by atoms with Gasteiger partial charge >= 0.3 is 60.4 Å². The van der Waals surface area contributed by atoms with Crippen molar-refractivity contribution >= 4 is 23.9 Å². The smallest absolute Gasteiger partial charge is 0.872 e. The standard InChI is InChI=1S/4C7H6O3.Cu.Zn/c4*8-6-4-2-1-3-5(6)7(9)10;;/h4*1-4,8H,(H,9,10);;/q;;;;2*+2/p-4. The molecule has 0 heterocycles. The van der Waals surface area contributed by atoms with Gasteiger partial charge in [-0.1, -0.05) is 95.8 Å². The molecule has 0 atom stereocenters. The van der Waals surface area contributed by atoms with Gasteiger partial charge in [-0.15, -0.1) is 0 Å². The molecule has 0 spiro atoms. The molecule has 217 valence electrons. The summed E-state index contributed by atoms with van der Waals surface area (Å²) in [7, 11) is 0. The average molecular weight is 677 g/mol. The van der Waals surface area contributed by atoms with E-state index in [2.05, 4.69) is 0 Å². The fourth-order valence-electron chi connectivity index (χ4n) is 2.57. The molecule has 0 amide bonds. The molecule has 0 aromatic heterocycles. The summed E-state index contributed by atoms with van der Waals surface area (Å²) in [4.78, 5) is 40.9. The third kappa shape index (κ3) is 13.4. The van der Waals surface area contributed by atoms with Crippen molar-refractivity contribution in [1.82, 2.24) is 0 Å². The molecule has 12 nitrogen and oxygen atoms in total. The largest absolute Gasteiger partial charge is 2.00 e. The summed E-state index contributed by atoms with van der Waals surface area (Å²) in [5.41, 5.74) is -0.713. The second-order valence-corrected chi connectivity index (χ2v) is 7.21. The first-order valence-corrected chi connectivity index (χ1v) is 10.8. The molecule has 4 aromatic carbocycles. The van der Waals surface area contributed by atoms with Gasteiger partial charge in [-0.2, -0.15) is 0 Å². The van der Waals surface area contributed by atoms with Crippen molar-refractivity contribution in [2.45, 2.75) is 0 Å². The molecule has 14 heteroatoms. The summed E-state index contributed by atoms with van der Waals surface area (Å²) in [6.07, 6.45) is 0. The summed E-state index contributed by atoms with van der Waals surface area (Å²) in [6.45, 7) is 0. The second-order valence-electron chi connectivity index (χ2n) is 7.21. The van der Waals surface area contributed by atoms with E-state index in [1.165, 1.54) is 97.1 Å². The molecular weight excluding hydrogens is 657 g/mol. The molecule has 1 radical (unpaired) electrons. The van der Waals surface area contributed by atoms with Crippen LogP contribution in [0.2, 0.25) is 0 Å². The Bertz CT molecular complexity index is 1250. The molecule has 4 aromatic rings. The summed E-state index contributed by atoms with van der Waals surface area (Å²) in [5.74, 6) is -6.50. The Morgan fingerprint density at radius 1 is 0.381 bits per heavy atom. The van der Waals surface area contributed by atoms with E-state index in [0.29, 0.717) is 0 Å². The molecule has 4 N–H and O–H groups in total. The van der Waals surface area contributed by atoms with Crippen molar-refractivity contribution in [3.05, 3.63) is 119 Å². The molecule has 0 saturated heterocycles. The van der Waals surface area contributed by atoms with E-state index in [-0.39, 0.29) is 58.8 Å². The summed E-state index contributed by atoms with van der Waals surface area (Å²) >= 11 is 0. The molecule has 42 heavy (non-hydrogen) atoms. The minimum Gasteiger partial charge on any atom is -0.872 e. The maximum atomic E-state index is 10.7. The Morgan fingerprint density at radius 3 is 0.619 bits per heavy atom. The van der Waals surface area contributed by atoms with Crippen LogP contribution in [-0.4, -0.2) is 44.3 Å². The maximum Gasteiger partial charge on any atom is 2.00 e. The van der Waals surface area contributed by atoms with Crippen LogP contribution in [0.3, 0.4) is 0 Å². The van der Waals surface area contributed by atoms with Gasteiger partial charge in [0.1, 0.15) is 0 Å². The molecule has 0 saturated carbocycles. The Hall–Kier alpha value is -4.90. The van der Waals surface area contributed by atoms with Gasteiger partial charge < -0.3 is 40.9 Å². The van der Waals surface area contributed by atoms with E-state index in [9.17, 15) is 39.6 Å². The van der Waals surface area contributed by atoms with E-state index in [0.717, 1.165) is 0 Å². The van der Waals surface area contributed by atoms with Crippen molar-refractivity contribution in [2.75, 3.05) is 0 Å². The first kappa shape index (κ1) is 39.2. The van der Waals surface area contributed by atoms with Crippen molar-refractivity contribution in [3.63, 3.8) is 0 Å². The van der Waals surface area contributed by atoms with Crippen LogP contribution in [0, 0.1) is 0 Å². The molecule has 4 rings (SSSR count). The molecule has 0 aliphatic carbocycles. The summed E-state index contributed by atoms with van der Waals surface area (Å²) < 4.78 is 0. The zero-order chi connectivity index (χ0) is 30.2. The SMILES string of the molecule is O=C(O)c1ccccc1[O-].O=C(O)c1ccccc1[O-].O=C(O)c1ccccc1[O-].O=C(O)c1ccccc1[O-].[Cu+2].[Zn+2]. The second kappa shape index (κ2) is 20.1. The Balaban J connectivity index is 0. The van der Waals surface area contributed by atoms with E-state index >= 15 is 0 Å². The maximum absolute atomic E-state index is 10.7. The van der Waals surface area contributed by atoms with Gasteiger partial charge in [0.05, 0.1) is 22.3 Å². The Kier molecular flexibility index (Phi) is 18.7. The van der Waals surface area contributed by atoms with Gasteiger partial charge in [0, 0.05) is 0 Å². The molecule has 0 aliphatic heterocycles. The number of para-hydroxylation sites is 4. The minimum absolute atomic E-state index is 0. The van der Waals surface area contributed by atoms with Gasteiger partial charge in [0.15, 0.2) is 0 Å². The molecule has 0 bridgehead atoms. The van der Waals surface area contributed by atoms with E-state index < -0.39 is 46.9 Å². The predicted molar refractivity (Wildman–Crippen MR) is 131 cm³/mol. The van der Waals surface area contributed by atoms with Gasteiger partial charge in [-0.05, 0) is 24.3 Å². The Labute approximate surface area is 262 Å². The number of rotatable bonds is 4. The van der Waals surface area contributed by atoms with Crippen molar-refractivity contribution in [1.29, 1.82) is 0 Å². The zero-order valence-electron chi connectivity index (χ0n) is 21.3. The first-order valence-electron chi connectivity index (χ1n) is 10.8. The van der Waals surface area contributed by atoms with Gasteiger partial charge in [-0.3, -0.25) is 0 Å². The number of carboxylic acids is 4. The van der Waals surface area contributed by atoms with Crippen LogP contribution in [0.1, 0.15) is 41.4 Å². The summed E-state index contributed by atoms with van der Waals surface area (Å²) in [5, 5.41) is 76.2. The zero-order valence-corrected chi connectivity index (χ0v) is 25.2. The van der Waals surface area contributed by atoms with Crippen molar-refractivity contribution in [2.24, 2.45) is 0 Å². The van der Waals surface area contributed by atoms with E-state index in [1.807, 2.05) is 0 Å². The van der Waals surface area contributed by atoms with Crippen LogP contribution in [-0.2, 0) is 36.5 Å². The van der Waals surface area contributed by atoms with Crippen molar-refractivity contribution in [3.8, 4) is 23.0 Å². The van der Waals surface area contributed by atoms with Crippen LogP contribution < -0.4 is 20.4 Å². The monoisotopic (exact) mass is 675 g/mol. The van der Waals surface area contributed by atoms with Crippen molar-refractivity contribution < 1.29 is 96.6 Å². The van der Waals surface area contributed by atoms with Gasteiger partial charge in [0.2, 0.25) is 0 Å².